The third kappa shape index (κ3) is 5.17. The van der Waals surface area contributed by atoms with Gasteiger partial charge >= 0.3 is 6.18 Å². The van der Waals surface area contributed by atoms with Crippen LogP contribution in [0.25, 0.3) is 0 Å². The maximum atomic E-state index is 13.0. The molecular formula is C14H19F3N2OS. The van der Waals surface area contributed by atoms with Crippen LogP contribution in [0.3, 0.4) is 0 Å². The Balaban J connectivity index is 2.88. The van der Waals surface area contributed by atoms with Crippen molar-refractivity contribution in [3.8, 4) is 5.75 Å². The number of hydrogen-bond acceptors (Lipinski definition) is 3. The van der Waals surface area contributed by atoms with Gasteiger partial charge in [0, 0.05) is 12.1 Å². The summed E-state index contributed by atoms with van der Waals surface area (Å²) in [4.78, 5) is 1.99. The Hall–Kier alpha value is -1.34. The van der Waals surface area contributed by atoms with E-state index in [1.807, 2.05) is 13.8 Å². The van der Waals surface area contributed by atoms with Crippen molar-refractivity contribution in [2.24, 2.45) is 5.73 Å². The normalized spacial score (nSPS) is 11.7. The maximum absolute atomic E-state index is 13.0. The van der Waals surface area contributed by atoms with Crippen molar-refractivity contribution in [1.82, 2.24) is 4.90 Å². The van der Waals surface area contributed by atoms with Gasteiger partial charge in [-0.15, -0.1) is 0 Å². The summed E-state index contributed by atoms with van der Waals surface area (Å²) in [5.41, 5.74) is 4.69. The summed E-state index contributed by atoms with van der Waals surface area (Å²) in [7, 11) is 0. The minimum atomic E-state index is -4.51. The van der Waals surface area contributed by atoms with Gasteiger partial charge in [-0.3, -0.25) is 0 Å². The molecule has 7 heteroatoms. The minimum Gasteiger partial charge on any atom is -0.492 e. The van der Waals surface area contributed by atoms with E-state index < -0.39 is 11.7 Å². The van der Waals surface area contributed by atoms with E-state index in [0.717, 1.165) is 19.2 Å². The highest BCUT2D eigenvalue weighted by Crippen LogP contribution is 2.36. The molecule has 0 saturated carbocycles. The SMILES string of the molecule is CCN(CC)CCOc1ccc(C(N)=S)cc1C(F)(F)F. The Kier molecular flexibility index (Phi) is 6.42. The minimum absolute atomic E-state index is 0.0739. The van der Waals surface area contributed by atoms with Crippen LogP contribution in [0.4, 0.5) is 13.2 Å². The number of rotatable bonds is 7. The van der Waals surface area contributed by atoms with Gasteiger partial charge in [-0.05, 0) is 31.3 Å². The number of thiocarbonyl (C=S) groups is 1. The molecule has 0 saturated heterocycles. The summed E-state index contributed by atoms with van der Waals surface area (Å²) in [5, 5.41) is 0. The zero-order chi connectivity index (χ0) is 16.0. The Morgan fingerprint density at radius 2 is 1.90 bits per heavy atom. The number of nitrogens with zero attached hydrogens (tertiary/aromatic N) is 1. The Bertz CT molecular complexity index is 488. The third-order valence-electron chi connectivity index (χ3n) is 3.13. The Morgan fingerprint density at radius 1 is 1.29 bits per heavy atom. The van der Waals surface area contributed by atoms with Crippen molar-refractivity contribution in [1.29, 1.82) is 0 Å². The van der Waals surface area contributed by atoms with Gasteiger partial charge in [-0.2, -0.15) is 13.2 Å². The number of nitrogens with two attached hydrogens (primary N) is 1. The number of likely N-dealkylation sites (N-methyl/N-ethyl adjacent to an activating group) is 1. The second kappa shape index (κ2) is 7.61. The average molecular weight is 320 g/mol. The molecule has 21 heavy (non-hydrogen) atoms. The van der Waals surface area contributed by atoms with Gasteiger partial charge in [0.1, 0.15) is 17.3 Å². The molecule has 0 aliphatic rings. The number of hydrogen-bond donors (Lipinski definition) is 1. The largest absolute Gasteiger partial charge is 0.492 e. The fraction of sp³-hybridized carbons (Fsp3) is 0.500. The summed E-state index contributed by atoms with van der Waals surface area (Å²) in [5.74, 6) is -0.199. The molecule has 0 aliphatic heterocycles. The lowest BCUT2D eigenvalue weighted by Gasteiger charge is -2.19. The standard InChI is InChI=1S/C14H19F3N2OS/c1-3-19(4-2)7-8-20-12-6-5-10(13(18)21)9-11(12)14(15,16)17/h5-6,9H,3-4,7-8H2,1-2H3,(H2,18,21). The van der Waals surface area contributed by atoms with Crippen LogP contribution in [0.5, 0.6) is 5.75 Å². The first kappa shape index (κ1) is 17.7. The summed E-state index contributed by atoms with van der Waals surface area (Å²) >= 11 is 4.70. The molecule has 2 N–H and O–H groups in total. The van der Waals surface area contributed by atoms with E-state index in [1.165, 1.54) is 12.1 Å². The molecule has 0 radical (unpaired) electrons. The summed E-state index contributed by atoms with van der Waals surface area (Å²) in [6.45, 7) is 6.39. The molecule has 1 aromatic rings. The number of benzene rings is 1. The van der Waals surface area contributed by atoms with Gasteiger partial charge in [-0.25, -0.2) is 0 Å². The molecule has 0 bridgehead atoms. The molecule has 0 aromatic heterocycles. The third-order valence-corrected chi connectivity index (χ3v) is 3.36. The fourth-order valence-electron chi connectivity index (χ4n) is 1.86. The molecule has 118 valence electrons. The molecule has 0 atom stereocenters. The molecule has 0 heterocycles. The van der Waals surface area contributed by atoms with Crippen LogP contribution in [-0.4, -0.2) is 36.1 Å². The second-order valence-corrected chi connectivity index (χ2v) is 4.89. The molecule has 0 fully saturated rings. The molecule has 0 amide bonds. The predicted molar refractivity (Wildman–Crippen MR) is 80.6 cm³/mol. The first-order valence-electron chi connectivity index (χ1n) is 6.65. The number of alkyl halides is 3. The molecule has 0 aliphatic carbocycles. The van der Waals surface area contributed by atoms with Crippen molar-refractivity contribution >= 4 is 17.2 Å². The van der Waals surface area contributed by atoms with Gasteiger partial charge in [-0.1, -0.05) is 26.1 Å². The van der Waals surface area contributed by atoms with Crippen LogP contribution >= 0.6 is 12.2 Å². The van der Waals surface area contributed by atoms with E-state index in [1.54, 1.807) is 0 Å². The van der Waals surface area contributed by atoms with E-state index in [9.17, 15) is 13.2 Å². The molecule has 3 nitrogen and oxygen atoms in total. The first-order chi connectivity index (χ1) is 9.79. The first-order valence-corrected chi connectivity index (χ1v) is 7.06. The topological polar surface area (TPSA) is 38.5 Å². The Labute approximate surface area is 127 Å². The number of ether oxygens (including phenoxy) is 1. The molecule has 1 rings (SSSR count). The quantitative estimate of drug-likeness (QED) is 0.784. The van der Waals surface area contributed by atoms with Gasteiger partial charge in [0.15, 0.2) is 0 Å². The van der Waals surface area contributed by atoms with Crippen LogP contribution in [0.2, 0.25) is 0 Å². The van der Waals surface area contributed by atoms with Crippen molar-refractivity contribution in [3.05, 3.63) is 29.3 Å². The van der Waals surface area contributed by atoms with Crippen LogP contribution in [0, 0.1) is 0 Å². The molecular weight excluding hydrogens is 301 g/mol. The van der Waals surface area contributed by atoms with Crippen molar-refractivity contribution in [3.63, 3.8) is 0 Å². The lowest BCUT2D eigenvalue weighted by atomic mass is 10.1. The zero-order valence-corrected chi connectivity index (χ0v) is 12.9. The Morgan fingerprint density at radius 3 is 2.38 bits per heavy atom. The highest BCUT2D eigenvalue weighted by molar-refractivity contribution is 7.80. The van der Waals surface area contributed by atoms with Crippen molar-refractivity contribution < 1.29 is 17.9 Å². The monoisotopic (exact) mass is 320 g/mol. The highest BCUT2D eigenvalue weighted by atomic mass is 32.1. The van der Waals surface area contributed by atoms with Gasteiger partial charge in [0.25, 0.3) is 0 Å². The van der Waals surface area contributed by atoms with Gasteiger partial charge in [0.05, 0.1) is 5.56 Å². The molecule has 0 unspecified atom stereocenters. The molecule has 0 spiro atoms. The van der Waals surface area contributed by atoms with E-state index in [2.05, 4.69) is 4.90 Å². The average Bonchev–Trinajstić information content (AvgIpc) is 2.42. The van der Waals surface area contributed by atoms with Gasteiger partial charge in [0.2, 0.25) is 0 Å². The van der Waals surface area contributed by atoms with Crippen LogP contribution in [0.15, 0.2) is 18.2 Å². The zero-order valence-electron chi connectivity index (χ0n) is 12.0. The van der Waals surface area contributed by atoms with E-state index in [0.29, 0.717) is 6.54 Å². The smallest absolute Gasteiger partial charge is 0.419 e. The van der Waals surface area contributed by atoms with Crippen molar-refractivity contribution in [2.75, 3.05) is 26.2 Å². The van der Waals surface area contributed by atoms with Gasteiger partial charge < -0.3 is 15.4 Å². The van der Waals surface area contributed by atoms with E-state index in [4.69, 9.17) is 22.7 Å². The molecule has 1 aromatic carbocycles. The fourth-order valence-corrected chi connectivity index (χ4v) is 1.98. The predicted octanol–water partition coefficient (Wildman–Crippen LogP) is 3.06. The summed E-state index contributed by atoms with van der Waals surface area (Å²) in [6.07, 6.45) is -4.51. The van der Waals surface area contributed by atoms with Crippen LogP contribution in [-0.2, 0) is 6.18 Å². The van der Waals surface area contributed by atoms with E-state index >= 15 is 0 Å². The maximum Gasteiger partial charge on any atom is 0.419 e. The highest BCUT2D eigenvalue weighted by Gasteiger charge is 2.34. The van der Waals surface area contributed by atoms with Crippen LogP contribution in [0.1, 0.15) is 25.0 Å². The van der Waals surface area contributed by atoms with Crippen molar-refractivity contribution in [2.45, 2.75) is 20.0 Å². The van der Waals surface area contributed by atoms with Crippen LogP contribution < -0.4 is 10.5 Å². The van der Waals surface area contributed by atoms with E-state index in [-0.39, 0.29) is 22.9 Å². The second-order valence-electron chi connectivity index (χ2n) is 4.45. The lowest BCUT2D eigenvalue weighted by Crippen LogP contribution is -2.28. The summed E-state index contributed by atoms with van der Waals surface area (Å²) < 4.78 is 44.4. The lowest BCUT2D eigenvalue weighted by molar-refractivity contribution is -0.139. The summed E-state index contributed by atoms with van der Waals surface area (Å²) in [6, 6.07) is 3.62. The number of halogens is 3.